The van der Waals surface area contributed by atoms with E-state index in [2.05, 4.69) is 52.4 Å². The maximum atomic E-state index is 5.91. The van der Waals surface area contributed by atoms with Crippen LogP contribution < -0.4 is 4.74 Å². The van der Waals surface area contributed by atoms with Crippen LogP contribution in [-0.2, 0) is 12.0 Å². The average Bonchev–Trinajstić information content (AvgIpc) is 2.93. The molecule has 3 heterocycles. The standard InChI is InChI=1S/C18H28N4O/c1-5-23-16-12-14(13-21-9-7-6-8-10-21)11-15-19-20-17(22(15)16)18(2,3)4/h11-12H,5-10,13H2,1-4H3. The van der Waals surface area contributed by atoms with Crippen molar-refractivity contribution >= 4 is 5.65 Å². The Kier molecular flexibility index (Phi) is 4.57. The van der Waals surface area contributed by atoms with Crippen LogP contribution in [0.3, 0.4) is 0 Å². The molecule has 23 heavy (non-hydrogen) atoms. The molecular formula is C18H28N4O. The normalized spacial score (nSPS) is 16.9. The second kappa shape index (κ2) is 6.48. The van der Waals surface area contributed by atoms with E-state index < -0.39 is 0 Å². The number of aromatic nitrogens is 3. The molecule has 0 aromatic carbocycles. The largest absolute Gasteiger partial charge is 0.479 e. The molecule has 0 radical (unpaired) electrons. The van der Waals surface area contributed by atoms with Crippen molar-refractivity contribution in [1.82, 2.24) is 19.5 Å². The molecule has 5 nitrogen and oxygen atoms in total. The molecule has 1 saturated heterocycles. The zero-order valence-corrected chi connectivity index (χ0v) is 14.8. The summed E-state index contributed by atoms with van der Waals surface area (Å²) >= 11 is 0. The average molecular weight is 316 g/mol. The number of hydrogen-bond donors (Lipinski definition) is 0. The number of hydrogen-bond acceptors (Lipinski definition) is 4. The number of pyridine rings is 1. The number of likely N-dealkylation sites (tertiary alicyclic amines) is 1. The summed E-state index contributed by atoms with van der Waals surface area (Å²) in [6.45, 7) is 12.5. The Labute approximate surface area is 138 Å². The minimum Gasteiger partial charge on any atom is -0.479 e. The highest BCUT2D eigenvalue weighted by Gasteiger charge is 2.23. The molecule has 1 aliphatic heterocycles. The molecule has 5 heteroatoms. The van der Waals surface area contributed by atoms with E-state index in [0.29, 0.717) is 6.61 Å². The van der Waals surface area contributed by atoms with Crippen LogP contribution >= 0.6 is 0 Å². The summed E-state index contributed by atoms with van der Waals surface area (Å²) in [4.78, 5) is 2.52. The van der Waals surface area contributed by atoms with E-state index in [4.69, 9.17) is 4.74 Å². The summed E-state index contributed by atoms with van der Waals surface area (Å²) in [6, 6.07) is 4.31. The molecule has 0 atom stereocenters. The molecule has 0 spiro atoms. The van der Waals surface area contributed by atoms with Crippen LogP contribution in [0.5, 0.6) is 5.88 Å². The first kappa shape index (κ1) is 16.2. The Bertz CT molecular complexity index is 665. The molecule has 126 valence electrons. The van der Waals surface area contributed by atoms with Crippen molar-refractivity contribution in [2.75, 3.05) is 19.7 Å². The Hall–Kier alpha value is -1.62. The van der Waals surface area contributed by atoms with Crippen molar-refractivity contribution in [3.8, 4) is 5.88 Å². The molecule has 2 aromatic heterocycles. The van der Waals surface area contributed by atoms with Crippen molar-refractivity contribution < 1.29 is 4.74 Å². The Morgan fingerprint density at radius 1 is 1.09 bits per heavy atom. The van der Waals surface area contributed by atoms with Gasteiger partial charge in [-0.25, -0.2) is 4.40 Å². The molecule has 1 fully saturated rings. The minimum atomic E-state index is -0.0698. The van der Waals surface area contributed by atoms with Crippen molar-refractivity contribution in [2.45, 2.75) is 58.9 Å². The van der Waals surface area contributed by atoms with Crippen LogP contribution in [0, 0.1) is 0 Å². The predicted octanol–water partition coefficient (Wildman–Crippen LogP) is 3.41. The van der Waals surface area contributed by atoms with Crippen molar-refractivity contribution in [3.05, 3.63) is 23.5 Å². The fourth-order valence-corrected chi connectivity index (χ4v) is 3.24. The summed E-state index contributed by atoms with van der Waals surface area (Å²) < 4.78 is 7.97. The lowest BCUT2D eigenvalue weighted by Crippen LogP contribution is -2.29. The van der Waals surface area contributed by atoms with E-state index in [1.807, 2.05) is 6.92 Å². The maximum Gasteiger partial charge on any atom is 0.201 e. The Balaban J connectivity index is 1.98. The van der Waals surface area contributed by atoms with E-state index in [1.54, 1.807) is 0 Å². The highest BCUT2D eigenvalue weighted by atomic mass is 16.5. The summed E-state index contributed by atoms with van der Waals surface area (Å²) in [5.74, 6) is 1.80. The molecule has 2 aromatic rings. The van der Waals surface area contributed by atoms with Gasteiger partial charge in [-0.1, -0.05) is 27.2 Å². The van der Waals surface area contributed by atoms with Crippen LogP contribution in [0.1, 0.15) is 58.3 Å². The van der Waals surface area contributed by atoms with E-state index in [0.717, 1.165) is 23.9 Å². The molecule has 0 saturated carbocycles. The third kappa shape index (κ3) is 3.50. The first-order valence-corrected chi connectivity index (χ1v) is 8.72. The Morgan fingerprint density at radius 2 is 1.83 bits per heavy atom. The van der Waals surface area contributed by atoms with Crippen molar-refractivity contribution in [2.24, 2.45) is 0 Å². The van der Waals surface area contributed by atoms with Gasteiger partial charge < -0.3 is 4.74 Å². The van der Waals surface area contributed by atoms with Crippen molar-refractivity contribution in [1.29, 1.82) is 0 Å². The number of fused-ring (bicyclic) bond motifs is 1. The van der Waals surface area contributed by atoms with Gasteiger partial charge in [0.1, 0.15) is 5.82 Å². The van der Waals surface area contributed by atoms with Crippen LogP contribution in [-0.4, -0.2) is 39.2 Å². The van der Waals surface area contributed by atoms with Gasteiger partial charge in [-0.2, -0.15) is 0 Å². The smallest absolute Gasteiger partial charge is 0.201 e. The molecular weight excluding hydrogens is 288 g/mol. The van der Waals surface area contributed by atoms with E-state index >= 15 is 0 Å². The van der Waals surface area contributed by atoms with E-state index in [9.17, 15) is 0 Å². The summed E-state index contributed by atoms with van der Waals surface area (Å²) in [5, 5.41) is 8.81. The molecule has 0 bridgehead atoms. The molecule has 1 aliphatic rings. The lowest BCUT2D eigenvalue weighted by atomic mass is 9.96. The fraction of sp³-hybridized carbons (Fsp3) is 0.667. The van der Waals surface area contributed by atoms with Gasteiger partial charge in [0.15, 0.2) is 5.65 Å². The van der Waals surface area contributed by atoms with Gasteiger partial charge in [-0.15, -0.1) is 10.2 Å². The number of nitrogens with zero attached hydrogens (tertiary/aromatic N) is 4. The van der Waals surface area contributed by atoms with Gasteiger partial charge in [0, 0.05) is 18.0 Å². The first-order chi connectivity index (χ1) is 11.0. The third-order valence-electron chi connectivity index (χ3n) is 4.35. The lowest BCUT2D eigenvalue weighted by molar-refractivity contribution is 0.220. The summed E-state index contributed by atoms with van der Waals surface area (Å²) in [5.41, 5.74) is 2.07. The van der Waals surface area contributed by atoms with Crippen LogP contribution in [0.15, 0.2) is 12.1 Å². The quantitative estimate of drug-likeness (QED) is 0.867. The first-order valence-electron chi connectivity index (χ1n) is 8.72. The summed E-state index contributed by atoms with van der Waals surface area (Å²) in [7, 11) is 0. The Morgan fingerprint density at radius 3 is 2.48 bits per heavy atom. The molecule has 0 unspecified atom stereocenters. The molecule has 0 amide bonds. The SMILES string of the molecule is CCOc1cc(CN2CCCCC2)cc2nnc(C(C)(C)C)n12. The fourth-order valence-electron chi connectivity index (χ4n) is 3.24. The van der Waals surface area contributed by atoms with Gasteiger partial charge in [-0.05, 0) is 44.5 Å². The van der Waals surface area contributed by atoms with E-state index in [-0.39, 0.29) is 5.41 Å². The topological polar surface area (TPSA) is 42.7 Å². The monoisotopic (exact) mass is 316 g/mol. The third-order valence-corrected chi connectivity index (χ3v) is 4.35. The predicted molar refractivity (Wildman–Crippen MR) is 92.0 cm³/mol. The van der Waals surface area contributed by atoms with E-state index in [1.165, 1.54) is 37.9 Å². The van der Waals surface area contributed by atoms with Crippen LogP contribution in [0.25, 0.3) is 5.65 Å². The van der Waals surface area contributed by atoms with Gasteiger partial charge in [0.05, 0.1) is 6.61 Å². The van der Waals surface area contributed by atoms with Gasteiger partial charge in [-0.3, -0.25) is 4.90 Å². The van der Waals surface area contributed by atoms with Gasteiger partial charge in [0.25, 0.3) is 0 Å². The second-order valence-corrected chi connectivity index (χ2v) is 7.44. The van der Waals surface area contributed by atoms with Crippen LogP contribution in [0.4, 0.5) is 0 Å². The molecule has 3 rings (SSSR count). The second-order valence-electron chi connectivity index (χ2n) is 7.44. The lowest BCUT2D eigenvalue weighted by Gasteiger charge is -2.26. The number of rotatable bonds is 4. The van der Waals surface area contributed by atoms with Crippen molar-refractivity contribution in [3.63, 3.8) is 0 Å². The minimum absolute atomic E-state index is 0.0698. The maximum absolute atomic E-state index is 5.91. The van der Waals surface area contributed by atoms with Crippen LogP contribution in [0.2, 0.25) is 0 Å². The van der Waals surface area contributed by atoms with Gasteiger partial charge in [0.2, 0.25) is 5.88 Å². The number of ether oxygens (including phenoxy) is 1. The highest BCUT2D eigenvalue weighted by molar-refractivity contribution is 5.47. The zero-order valence-electron chi connectivity index (χ0n) is 14.8. The number of piperidine rings is 1. The zero-order chi connectivity index (χ0) is 16.4. The van der Waals surface area contributed by atoms with Gasteiger partial charge >= 0.3 is 0 Å². The molecule has 0 N–H and O–H groups in total. The molecule has 0 aliphatic carbocycles. The highest BCUT2D eigenvalue weighted by Crippen LogP contribution is 2.27. The summed E-state index contributed by atoms with van der Waals surface area (Å²) in [6.07, 6.45) is 3.97.